The highest BCUT2D eigenvalue weighted by atomic mass is 14.9. The smallest absolute Gasteiger partial charge is 0.0354 e. The Hall–Kier alpha value is -1.41. The van der Waals surface area contributed by atoms with Crippen molar-refractivity contribution in [3.63, 3.8) is 0 Å². The van der Waals surface area contributed by atoms with E-state index in [0.717, 1.165) is 12.5 Å². The number of fused-ring (bicyclic) bond motifs is 1. The monoisotopic (exact) mass is 254 g/mol. The topological polar surface area (TPSA) is 24.9 Å². The normalized spacial score (nSPS) is 18.4. The molecule has 100 valence electrons. The second-order valence-electron chi connectivity index (χ2n) is 5.68. The first kappa shape index (κ1) is 12.6. The maximum absolute atomic E-state index is 4.23. The molecule has 19 heavy (non-hydrogen) atoms. The van der Waals surface area contributed by atoms with Gasteiger partial charge < -0.3 is 5.32 Å². The molecule has 1 N–H and O–H groups in total. The number of benzene rings is 1. The van der Waals surface area contributed by atoms with Crippen molar-refractivity contribution in [1.29, 1.82) is 0 Å². The van der Waals surface area contributed by atoms with E-state index in [1.807, 2.05) is 12.4 Å². The van der Waals surface area contributed by atoms with Gasteiger partial charge in [-0.1, -0.05) is 32.0 Å². The number of nitrogens with zero attached hydrogens (tertiary/aromatic N) is 1. The number of nitrogens with one attached hydrogen (secondary N) is 1. The average molecular weight is 254 g/mol. The zero-order valence-electron chi connectivity index (χ0n) is 11.8. The zero-order chi connectivity index (χ0) is 13.2. The van der Waals surface area contributed by atoms with E-state index in [-0.39, 0.29) is 0 Å². The van der Waals surface area contributed by atoms with E-state index in [1.54, 1.807) is 0 Å². The van der Waals surface area contributed by atoms with Gasteiger partial charge in [0.25, 0.3) is 0 Å². The molecule has 1 fully saturated rings. The number of hydrogen-bond acceptors (Lipinski definition) is 2. The van der Waals surface area contributed by atoms with Crippen molar-refractivity contribution in [1.82, 2.24) is 10.3 Å². The van der Waals surface area contributed by atoms with Crippen molar-refractivity contribution in [2.45, 2.75) is 32.7 Å². The van der Waals surface area contributed by atoms with E-state index in [2.05, 4.69) is 48.4 Å². The Morgan fingerprint density at radius 3 is 2.89 bits per heavy atom. The first-order chi connectivity index (χ1) is 9.31. The highest BCUT2D eigenvalue weighted by molar-refractivity contribution is 5.85. The summed E-state index contributed by atoms with van der Waals surface area (Å²) in [6, 6.07) is 9.19. The van der Waals surface area contributed by atoms with Crippen molar-refractivity contribution in [2.75, 3.05) is 6.54 Å². The summed E-state index contributed by atoms with van der Waals surface area (Å²) < 4.78 is 0. The van der Waals surface area contributed by atoms with Gasteiger partial charge in [-0.05, 0) is 48.2 Å². The van der Waals surface area contributed by atoms with Crippen LogP contribution < -0.4 is 5.32 Å². The van der Waals surface area contributed by atoms with E-state index in [4.69, 9.17) is 0 Å². The van der Waals surface area contributed by atoms with Crippen LogP contribution in [0.2, 0.25) is 0 Å². The molecule has 1 aromatic heterocycles. The molecule has 0 saturated heterocycles. The van der Waals surface area contributed by atoms with Crippen LogP contribution in [0, 0.1) is 11.8 Å². The lowest BCUT2D eigenvalue weighted by Crippen LogP contribution is -2.28. The lowest BCUT2D eigenvalue weighted by Gasteiger charge is -2.26. The van der Waals surface area contributed by atoms with Crippen LogP contribution in [0.25, 0.3) is 10.8 Å². The summed E-state index contributed by atoms with van der Waals surface area (Å²) in [5.41, 5.74) is 1.43. The summed E-state index contributed by atoms with van der Waals surface area (Å²) in [6.45, 7) is 5.60. The van der Waals surface area contributed by atoms with Crippen LogP contribution >= 0.6 is 0 Å². The maximum Gasteiger partial charge on any atom is 0.0354 e. The van der Waals surface area contributed by atoms with Gasteiger partial charge in [-0.3, -0.25) is 4.98 Å². The molecule has 2 nitrogen and oxygen atoms in total. The summed E-state index contributed by atoms with van der Waals surface area (Å²) in [4.78, 5) is 4.23. The first-order valence-corrected chi connectivity index (χ1v) is 7.37. The minimum absolute atomic E-state index is 0.462. The molecule has 3 rings (SSSR count). The van der Waals surface area contributed by atoms with Crippen LogP contribution in [0.3, 0.4) is 0 Å². The van der Waals surface area contributed by atoms with Crippen molar-refractivity contribution >= 4 is 10.8 Å². The number of pyridine rings is 1. The molecule has 0 radical (unpaired) electrons. The van der Waals surface area contributed by atoms with E-state index in [1.165, 1.54) is 29.2 Å². The van der Waals surface area contributed by atoms with Gasteiger partial charge in [0.05, 0.1) is 0 Å². The fourth-order valence-electron chi connectivity index (χ4n) is 3.11. The third kappa shape index (κ3) is 2.50. The molecule has 2 atom stereocenters. The summed E-state index contributed by atoms with van der Waals surface area (Å²) in [7, 11) is 0. The van der Waals surface area contributed by atoms with E-state index < -0.39 is 0 Å². The minimum atomic E-state index is 0.462. The quantitative estimate of drug-likeness (QED) is 0.874. The highest BCUT2D eigenvalue weighted by Gasteiger charge is 2.34. The van der Waals surface area contributed by atoms with Crippen molar-refractivity contribution in [2.24, 2.45) is 11.8 Å². The van der Waals surface area contributed by atoms with Crippen LogP contribution in [0.5, 0.6) is 0 Å². The van der Waals surface area contributed by atoms with Crippen LogP contribution in [0.1, 0.15) is 38.3 Å². The molecule has 0 aliphatic heterocycles. The second-order valence-corrected chi connectivity index (χ2v) is 5.68. The van der Waals surface area contributed by atoms with Gasteiger partial charge in [-0.25, -0.2) is 0 Å². The molecular formula is C17H22N2. The van der Waals surface area contributed by atoms with Gasteiger partial charge in [0.15, 0.2) is 0 Å². The summed E-state index contributed by atoms with van der Waals surface area (Å²) in [5, 5.41) is 6.28. The zero-order valence-corrected chi connectivity index (χ0v) is 11.8. The molecule has 2 unspecified atom stereocenters. The standard InChI is InChI=1S/C17H22N2/c1-3-19-17(12(2)13-7-8-13)16-6-4-5-14-11-18-10-9-15(14)16/h4-6,9-13,17,19H,3,7-8H2,1-2H3. The second kappa shape index (κ2) is 5.30. The molecule has 1 aromatic carbocycles. The molecule has 1 aliphatic rings. The predicted molar refractivity (Wildman–Crippen MR) is 80.0 cm³/mol. The molecule has 2 heteroatoms. The Labute approximate surface area is 115 Å². The summed E-state index contributed by atoms with van der Waals surface area (Å²) in [5.74, 6) is 1.61. The maximum atomic E-state index is 4.23. The van der Waals surface area contributed by atoms with Crippen LogP contribution in [0.4, 0.5) is 0 Å². The lowest BCUT2D eigenvalue weighted by atomic mass is 9.88. The van der Waals surface area contributed by atoms with Crippen LogP contribution in [-0.2, 0) is 0 Å². The highest BCUT2D eigenvalue weighted by Crippen LogP contribution is 2.43. The molecule has 1 saturated carbocycles. The third-order valence-electron chi connectivity index (χ3n) is 4.36. The first-order valence-electron chi connectivity index (χ1n) is 7.37. The molecule has 0 spiro atoms. The molecule has 0 amide bonds. The van der Waals surface area contributed by atoms with Crippen LogP contribution in [0.15, 0.2) is 36.7 Å². The van der Waals surface area contributed by atoms with Gasteiger partial charge >= 0.3 is 0 Å². The minimum Gasteiger partial charge on any atom is -0.310 e. The van der Waals surface area contributed by atoms with Gasteiger partial charge in [-0.15, -0.1) is 0 Å². The Kier molecular flexibility index (Phi) is 3.52. The van der Waals surface area contributed by atoms with E-state index in [0.29, 0.717) is 12.0 Å². The predicted octanol–water partition coefficient (Wildman–Crippen LogP) is 3.93. The fourth-order valence-corrected chi connectivity index (χ4v) is 3.11. The SMILES string of the molecule is CCNC(c1cccc2cnccc12)C(C)C1CC1. The Morgan fingerprint density at radius 1 is 1.32 bits per heavy atom. The van der Waals surface area contributed by atoms with Crippen molar-refractivity contribution < 1.29 is 0 Å². The fraction of sp³-hybridized carbons (Fsp3) is 0.471. The van der Waals surface area contributed by atoms with E-state index in [9.17, 15) is 0 Å². The van der Waals surface area contributed by atoms with Gasteiger partial charge in [-0.2, -0.15) is 0 Å². The molecule has 1 aliphatic carbocycles. The molecule has 0 bridgehead atoms. The Balaban J connectivity index is 2.03. The Morgan fingerprint density at radius 2 is 2.16 bits per heavy atom. The Bertz CT molecular complexity index is 555. The lowest BCUT2D eigenvalue weighted by molar-refractivity contribution is 0.357. The van der Waals surface area contributed by atoms with Gasteiger partial charge in [0.1, 0.15) is 0 Å². The molecule has 1 heterocycles. The van der Waals surface area contributed by atoms with Crippen molar-refractivity contribution in [3.05, 3.63) is 42.2 Å². The van der Waals surface area contributed by atoms with Gasteiger partial charge in [0.2, 0.25) is 0 Å². The number of hydrogen-bond donors (Lipinski definition) is 1. The largest absolute Gasteiger partial charge is 0.310 e. The number of aromatic nitrogens is 1. The molecule has 2 aromatic rings. The van der Waals surface area contributed by atoms with Crippen LogP contribution in [-0.4, -0.2) is 11.5 Å². The summed E-state index contributed by atoms with van der Waals surface area (Å²) >= 11 is 0. The van der Waals surface area contributed by atoms with Crippen molar-refractivity contribution in [3.8, 4) is 0 Å². The summed E-state index contributed by atoms with van der Waals surface area (Å²) in [6.07, 6.45) is 6.66. The third-order valence-corrected chi connectivity index (χ3v) is 4.36. The van der Waals surface area contributed by atoms with E-state index >= 15 is 0 Å². The van der Waals surface area contributed by atoms with Gasteiger partial charge in [0, 0.05) is 23.8 Å². The average Bonchev–Trinajstić information content (AvgIpc) is 3.28. The molecular weight excluding hydrogens is 232 g/mol. The number of rotatable bonds is 5.